The maximum absolute atomic E-state index is 11.0. The van der Waals surface area contributed by atoms with Crippen LogP contribution in [-0.2, 0) is 16.6 Å². The van der Waals surface area contributed by atoms with Crippen LogP contribution in [0.3, 0.4) is 0 Å². The molecule has 0 saturated heterocycles. The minimum Gasteiger partial charge on any atom is -0.481 e. The van der Waals surface area contributed by atoms with Gasteiger partial charge in [-0.25, -0.2) is 0 Å². The second kappa shape index (κ2) is 9.40. The second-order valence-corrected chi connectivity index (χ2v) is 9.19. The predicted octanol–water partition coefficient (Wildman–Crippen LogP) is 6.35. The minimum absolute atomic E-state index is 0.0741. The van der Waals surface area contributed by atoms with Crippen LogP contribution in [0.1, 0.15) is 85.8 Å². The van der Waals surface area contributed by atoms with Gasteiger partial charge in [-0.15, -0.1) is 0 Å². The molecule has 3 nitrogen and oxygen atoms in total. The summed E-state index contributed by atoms with van der Waals surface area (Å²) in [5.41, 5.74) is 6.57. The molecule has 0 spiro atoms. The van der Waals surface area contributed by atoms with Crippen molar-refractivity contribution >= 4 is 12.0 Å². The zero-order chi connectivity index (χ0) is 22.6. The van der Waals surface area contributed by atoms with Crippen molar-refractivity contribution in [3.05, 3.63) is 75.9 Å². The van der Waals surface area contributed by atoms with Crippen molar-refractivity contribution in [2.24, 2.45) is 0 Å². The molecule has 1 saturated carbocycles. The molecule has 31 heavy (non-hydrogen) atoms. The summed E-state index contributed by atoms with van der Waals surface area (Å²) in [6, 6.07) is 13.3. The van der Waals surface area contributed by atoms with E-state index in [4.69, 9.17) is 5.11 Å². The molecule has 0 amide bonds. The maximum atomic E-state index is 11.0. The van der Waals surface area contributed by atoms with E-state index in [1.807, 2.05) is 6.08 Å². The highest BCUT2D eigenvalue weighted by Gasteiger charge is 2.32. The smallest absolute Gasteiger partial charge is 0.303 e. The Labute approximate surface area is 186 Å². The molecule has 0 radical (unpaired) electrons. The van der Waals surface area contributed by atoms with Gasteiger partial charge in [0, 0.05) is 11.8 Å². The third-order valence-electron chi connectivity index (χ3n) is 7.33. The van der Waals surface area contributed by atoms with Crippen molar-refractivity contribution in [2.45, 2.75) is 83.7 Å². The summed E-state index contributed by atoms with van der Waals surface area (Å²) in [7, 11) is 0. The molecular weight excluding hydrogens is 384 g/mol. The molecule has 166 valence electrons. The Morgan fingerprint density at radius 2 is 1.65 bits per heavy atom. The number of carbonyl (C=O) groups is 1. The van der Waals surface area contributed by atoms with Crippen molar-refractivity contribution < 1.29 is 15.0 Å². The molecule has 0 atom stereocenters. The normalized spacial score (nSPS) is 15.8. The maximum Gasteiger partial charge on any atom is 0.303 e. The lowest BCUT2D eigenvalue weighted by atomic mass is 9.69. The van der Waals surface area contributed by atoms with Gasteiger partial charge >= 0.3 is 5.97 Å². The first-order valence-corrected chi connectivity index (χ1v) is 11.6. The standard InChI is InChI=1S/C28H36O3/c1-5-28(6-2,24-11-8-22(20(3)18-24)10-13-26(29)30)25-12-9-23(21(4)19-25)14-17-27(31)15-7-16-27/h8-9,11-12,14,17-19,31H,5-7,10,13,15-16H2,1-4H3,(H,29,30). The van der Waals surface area contributed by atoms with Crippen molar-refractivity contribution in [3.8, 4) is 0 Å². The first-order valence-electron chi connectivity index (χ1n) is 11.6. The molecule has 3 heteroatoms. The Hall–Kier alpha value is -2.39. The summed E-state index contributed by atoms with van der Waals surface area (Å²) in [6.45, 7) is 8.71. The fraction of sp³-hybridized carbons (Fsp3) is 0.464. The van der Waals surface area contributed by atoms with Crippen LogP contribution in [-0.4, -0.2) is 21.8 Å². The second-order valence-electron chi connectivity index (χ2n) is 9.19. The van der Waals surface area contributed by atoms with E-state index in [2.05, 4.69) is 70.2 Å². The van der Waals surface area contributed by atoms with E-state index in [1.54, 1.807) is 0 Å². The number of benzene rings is 2. The molecule has 0 unspecified atom stereocenters. The molecule has 0 heterocycles. The molecule has 0 aliphatic heterocycles. The van der Waals surface area contributed by atoms with Gasteiger partial charge < -0.3 is 10.2 Å². The predicted molar refractivity (Wildman–Crippen MR) is 128 cm³/mol. The average molecular weight is 421 g/mol. The van der Waals surface area contributed by atoms with Crippen LogP contribution in [0.4, 0.5) is 0 Å². The average Bonchev–Trinajstić information content (AvgIpc) is 2.72. The SMILES string of the molecule is CCC(CC)(c1ccc(C=CC2(O)CCC2)c(C)c1)c1ccc(CCC(=O)O)c(C)c1. The Morgan fingerprint density at radius 3 is 2.13 bits per heavy atom. The van der Waals surface area contributed by atoms with Crippen LogP contribution < -0.4 is 0 Å². The van der Waals surface area contributed by atoms with E-state index in [0.717, 1.165) is 48.8 Å². The molecular formula is C28H36O3. The molecule has 3 rings (SSSR count). The molecule has 2 N–H and O–H groups in total. The summed E-state index contributed by atoms with van der Waals surface area (Å²) < 4.78 is 0. The van der Waals surface area contributed by atoms with Crippen LogP contribution in [0.5, 0.6) is 0 Å². The van der Waals surface area contributed by atoms with Crippen LogP contribution in [0.15, 0.2) is 42.5 Å². The number of aliphatic hydroxyl groups is 1. The topological polar surface area (TPSA) is 57.5 Å². The fourth-order valence-electron chi connectivity index (χ4n) is 4.86. The van der Waals surface area contributed by atoms with E-state index in [9.17, 15) is 9.90 Å². The summed E-state index contributed by atoms with van der Waals surface area (Å²) in [4.78, 5) is 11.0. The Bertz CT molecular complexity index is 962. The highest BCUT2D eigenvalue weighted by Crippen LogP contribution is 2.40. The monoisotopic (exact) mass is 420 g/mol. The third kappa shape index (κ3) is 4.93. The van der Waals surface area contributed by atoms with Crippen LogP contribution in [0.25, 0.3) is 6.08 Å². The number of hydrogen-bond donors (Lipinski definition) is 2. The van der Waals surface area contributed by atoms with Crippen LogP contribution in [0, 0.1) is 13.8 Å². The van der Waals surface area contributed by atoms with Crippen molar-refractivity contribution in [3.63, 3.8) is 0 Å². The van der Waals surface area contributed by atoms with Gasteiger partial charge in [-0.3, -0.25) is 4.79 Å². The van der Waals surface area contributed by atoms with Gasteiger partial charge in [0.25, 0.3) is 0 Å². The van der Waals surface area contributed by atoms with Gasteiger partial charge in [0.05, 0.1) is 5.60 Å². The van der Waals surface area contributed by atoms with Crippen LogP contribution in [0.2, 0.25) is 0 Å². The molecule has 2 aromatic carbocycles. The molecule has 1 aliphatic carbocycles. The van der Waals surface area contributed by atoms with E-state index in [1.165, 1.54) is 16.7 Å². The van der Waals surface area contributed by atoms with Gasteiger partial charge in [-0.1, -0.05) is 62.4 Å². The van der Waals surface area contributed by atoms with E-state index < -0.39 is 11.6 Å². The zero-order valence-electron chi connectivity index (χ0n) is 19.4. The molecule has 0 aromatic heterocycles. The largest absolute Gasteiger partial charge is 0.481 e. The lowest BCUT2D eigenvalue weighted by Gasteiger charge is -2.34. The number of aliphatic carboxylic acids is 1. The van der Waals surface area contributed by atoms with Crippen molar-refractivity contribution in [1.29, 1.82) is 0 Å². The highest BCUT2D eigenvalue weighted by molar-refractivity contribution is 5.67. The Balaban J connectivity index is 1.92. The number of carboxylic acid groups (broad SMARTS) is 1. The molecule has 1 aliphatic rings. The lowest BCUT2D eigenvalue weighted by molar-refractivity contribution is -0.136. The van der Waals surface area contributed by atoms with Crippen molar-refractivity contribution in [1.82, 2.24) is 0 Å². The molecule has 1 fully saturated rings. The highest BCUT2D eigenvalue weighted by atomic mass is 16.4. The minimum atomic E-state index is -0.756. The zero-order valence-corrected chi connectivity index (χ0v) is 19.4. The summed E-state index contributed by atoms with van der Waals surface area (Å²) in [6.07, 6.45) is 9.56. The number of hydrogen-bond acceptors (Lipinski definition) is 2. The first kappa shape index (κ1) is 23.3. The quantitative estimate of drug-likeness (QED) is 0.496. The Morgan fingerprint density at radius 1 is 1.03 bits per heavy atom. The summed E-state index contributed by atoms with van der Waals surface area (Å²) in [5, 5.41) is 19.4. The number of aryl methyl sites for hydroxylation is 3. The van der Waals surface area contributed by atoms with Gasteiger partial charge in [-0.05, 0) is 85.8 Å². The van der Waals surface area contributed by atoms with Gasteiger partial charge in [0.15, 0.2) is 0 Å². The van der Waals surface area contributed by atoms with Gasteiger partial charge in [0.2, 0.25) is 0 Å². The van der Waals surface area contributed by atoms with Crippen LogP contribution >= 0.6 is 0 Å². The molecule has 2 aromatic rings. The fourth-order valence-corrected chi connectivity index (χ4v) is 4.86. The van der Waals surface area contributed by atoms with Crippen molar-refractivity contribution in [2.75, 3.05) is 0 Å². The first-order chi connectivity index (χ1) is 14.7. The van der Waals surface area contributed by atoms with Gasteiger partial charge in [0.1, 0.15) is 0 Å². The van der Waals surface area contributed by atoms with E-state index in [0.29, 0.717) is 6.42 Å². The third-order valence-corrected chi connectivity index (χ3v) is 7.33. The number of carboxylic acids is 1. The molecule has 0 bridgehead atoms. The van der Waals surface area contributed by atoms with E-state index in [-0.39, 0.29) is 11.8 Å². The lowest BCUT2D eigenvalue weighted by Crippen LogP contribution is -2.33. The van der Waals surface area contributed by atoms with Gasteiger partial charge in [-0.2, -0.15) is 0 Å². The summed E-state index contributed by atoms with van der Waals surface area (Å²) >= 11 is 0. The number of rotatable bonds is 9. The summed E-state index contributed by atoms with van der Waals surface area (Å²) in [5.74, 6) is -0.756. The Kier molecular flexibility index (Phi) is 7.06. The van der Waals surface area contributed by atoms with E-state index >= 15 is 0 Å².